The van der Waals surface area contributed by atoms with Crippen molar-refractivity contribution in [3.63, 3.8) is 0 Å². The summed E-state index contributed by atoms with van der Waals surface area (Å²) in [7, 11) is 0. The van der Waals surface area contributed by atoms with E-state index in [0.29, 0.717) is 30.4 Å². The number of pyridine rings is 1. The molecule has 8 heteroatoms. The fraction of sp³-hybridized carbons (Fsp3) is 0.103. The summed E-state index contributed by atoms with van der Waals surface area (Å²) in [4.78, 5) is 18.2. The number of fused-ring (bicyclic) bond motifs is 1. The van der Waals surface area contributed by atoms with Gasteiger partial charge in [-0.05, 0) is 47.5 Å². The molecular weight excluding hydrogens is 476 g/mol. The van der Waals surface area contributed by atoms with Gasteiger partial charge in [0.05, 0.1) is 17.4 Å². The molecule has 37 heavy (non-hydrogen) atoms. The Labute approximate surface area is 212 Å². The quantitative estimate of drug-likeness (QED) is 0.204. The van der Waals surface area contributed by atoms with Crippen LogP contribution in [0.1, 0.15) is 11.1 Å². The molecule has 1 amide bonds. The highest BCUT2D eigenvalue weighted by atomic mass is 19.3. The van der Waals surface area contributed by atoms with Crippen molar-refractivity contribution < 1.29 is 23.0 Å². The van der Waals surface area contributed by atoms with Gasteiger partial charge >= 0.3 is 6.61 Å². The molecule has 0 aliphatic carbocycles. The normalized spacial score (nSPS) is 11.0. The van der Waals surface area contributed by atoms with Crippen LogP contribution in [0.4, 0.5) is 20.3 Å². The van der Waals surface area contributed by atoms with Crippen molar-refractivity contribution in [2.24, 2.45) is 0 Å². The van der Waals surface area contributed by atoms with Gasteiger partial charge in [-0.2, -0.15) is 8.78 Å². The van der Waals surface area contributed by atoms with Gasteiger partial charge in [-0.25, -0.2) is 0 Å². The van der Waals surface area contributed by atoms with E-state index in [9.17, 15) is 13.6 Å². The van der Waals surface area contributed by atoms with Gasteiger partial charge in [-0.3, -0.25) is 14.7 Å². The molecule has 186 valence electrons. The first-order valence-electron chi connectivity index (χ1n) is 11.6. The van der Waals surface area contributed by atoms with Crippen LogP contribution >= 0.6 is 0 Å². The number of anilines is 2. The van der Waals surface area contributed by atoms with Gasteiger partial charge in [0.2, 0.25) is 6.41 Å². The molecule has 0 unspecified atom stereocenters. The summed E-state index contributed by atoms with van der Waals surface area (Å²) in [5.41, 5.74) is 3.24. The van der Waals surface area contributed by atoms with E-state index in [2.05, 4.69) is 9.72 Å². The average molecular weight is 500 g/mol. The third-order valence-electron chi connectivity index (χ3n) is 5.87. The summed E-state index contributed by atoms with van der Waals surface area (Å²) >= 11 is 0. The molecule has 0 aliphatic rings. The maximum Gasteiger partial charge on any atom is 0.387 e. The molecule has 6 nitrogen and oxygen atoms in total. The van der Waals surface area contributed by atoms with Gasteiger partial charge in [0.15, 0.2) is 11.6 Å². The van der Waals surface area contributed by atoms with Crippen molar-refractivity contribution in [3.8, 4) is 11.5 Å². The van der Waals surface area contributed by atoms with Crippen LogP contribution in [-0.2, 0) is 17.9 Å². The lowest BCUT2D eigenvalue weighted by atomic mass is 10.2. The zero-order valence-corrected chi connectivity index (χ0v) is 19.7. The number of para-hydroxylation sites is 1. The number of rotatable bonds is 10. The molecule has 2 aromatic heterocycles. The first-order valence-corrected chi connectivity index (χ1v) is 11.6. The molecule has 0 fully saturated rings. The third-order valence-corrected chi connectivity index (χ3v) is 5.87. The first kappa shape index (κ1) is 24.0. The number of aromatic nitrogens is 2. The van der Waals surface area contributed by atoms with Crippen molar-refractivity contribution in [1.82, 2.24) is 9.55 Å². The Hall–Kier alpha value is -4.72. The number of carbonyl (C=O) groups excluding carboxylic acids is 1. The third kappa shape index (κ3) is 5.28. The summed E-state index contributed by atoms with van der Waals surface area (Å²) in [6, 6.07) is 27.5. The largest absolute Gasteiger partial charge is 0.484 e. The topological polar surface area (TPSA) is 56.6 Å². The molecular formula is C29H23F2N3O3. The second-order valence-electron chi connectivity index (χ2n) is 8.24. The van der Waals surface area contributed by atoms with E-state index in [0.717, 1.165) is 28.4 Å². The van der Waals surface area contributed by atoms with Gasteiger partial charge < -0.3 is 14.0 Å². The maximum atomic E-state index is 12.6. The number of nitrogens with zero attached hydrogens (tertiary/aromatic N) is 3. The van der Waals surface area contributed by atoms with Gasteiger partial charge in [0, 0.05) is 18.1 Å². The number of halogens is 2. The second kappa shape index (κ2) is 10.9. The van der Waals surface area contributed by atoms with Crippen LogP contribution in [0.2, 0.25) is 0 Å². The Morgan fingerprint density at radius 1 is 0.892 bits per heavy atom. The van der Waals surface area contributed by atoms with Gasteiger partial charge in [-0.1, -0.05) is 54.6 Å². The van der Waals surface area contributed by atoms with Crippen LogP contribution in [0.5, 0.6) is 11.5 Å². The van der Waals surface area contributed by atoms with Crippen LogP contribution < -0.4 is 14.4 Å². The Morgan fingerprint density at radius 2 is 1.65 bits per heavy atom. The van der Waals surface area contributed by atoms with Crippen LogP contribution in [0.15, 0.2) is 103 Å². The highest BCUT2D eigenvalue weighted by molar-refractivity contribution is 5.99. The predicted octanol–water partition coefficient (Wildman–Crippen LogP) is 6.56. The molecule has 0 atom stereocenters. The lowest BCUT2D eigenvalue weighted by Gasteiger charge is -2.22. The Bertz CT molecular complexity index is 1470. The summed E-state index contributed by atoms with van der Waals surface area (Å²) < 4.78 is 38.0. The van der Waals surface area contributed by atoms with Crippen LogP contribution in [-0.4, -0.2) is 22.6 Å². The standard InChI is InChI=1S/C29H23F2N3O3/c30-29(31)37-24-14-12-21(13-15-24)18-33-26-11-5-4-10-25(26)27(36-19-22-7-2-1-3-8-22)28(33)34(20-35)23-9-6-16-32-17-23/h1-17,20,29H,18-19H2. The molecule has 0 aliphatic heterocycles. The lowest BCUT2D eigenvalue weighted by molar-refractivity contribution is -0.106. The number of ether oxygens (including phenoxy) is 2. The molecule has 0 radical (unpaired) electrons. The molecule has 0 spiro atoms. The first-order chi connectivity index (χ1) is 18.1. The fourth-order valence-corrected chi connectivity index (χ4v) is 4.22. The van der Waals surface area contributed by atoms with E-state index in [1.807, 2.05) is 59.2 Å². The van der Waals surface area contributed by atoms with Crippen molar-refractivity contribution >= 4 is 28.8 Å². The van der Waals surface area contributed by atoms with E-state index in [4.69, 9.17) is 4.74 Å². The molecule has 0 N–H and O–H groups in total. The number of hydrogen-bond acceptors (Lipinski definition) is 4. The lowest BCUT2D eigenvalue weighted by Crippen LogP contribution is -2.19. The van der Waals surface area contributed by atoms with Crippen molar-refractivity contribution in [2.75, 3.05) is 4.90 Å². The van der Waals surface area contributed by atoms with Gasteiger partial charge in [0.1, 0.15) is 12.4 Å². The van der Waals surface area contributed by atoms with E-state index < -0.39 is 6.61 Å². The summed E-state index contributed by atoms with van der Waals surface area (Å²) in [6.07, 6.45) is 3.97. The minimum Gasteiger partial charge on any atom is -0.484 e. The second-order valence-corrected chi connectivity index (χ2v) is 8.24. The summed E-state index contributed by atoms with van der Waals surface area (Å²) in [6.45, 7) is -2.23. The smallest absolute Gasteiger partial charge is 0.387 e. The van der Waals surface area contributed by atoms with Gasteiger partial charge in [-0.15, -0.1) is 0 Å². The van der Waals surface area contributed by atoms with Crippen molar-refractivity contribution in [1.29, 1.82) is 0 Å². The zero-order chi connectivity index (χ0) is 25.6. The van der Waals surface area contributed by atoms with Crippen LogP contribution in [0.25, 0.3) is 10.9 Å². The maximum absolute atomic E-state index is 12.6. The monoisotopic (exact) mass is 499 g/mol. The van der Waals surface area contributed by atoms with E-state index in [1.165, 1.54) is 17.0 Å². The number of carbonyl (C=O) groups is 1. The van der Waals surface area contributed by atoms with Crippen molar-refractivity contribution in [2.45, 2.75) is 19.8 Å². The summed E-state index contributed by atoms with van der Waals surface area (Å²) in [5, 5.41) is 0.835. The number of alkyl halides is 2. The number of amides is 1. The molecule has 0 bridgehead atoms. The Balaban J connectivity index is 1.63. The van der Waals surface area contributed by atoms with E-state index >= 15 is 0 Å². The fourth-order valence-electron chi connectivity index (χ4n) is 4.22. The molecule has 0 saturated heterocycles. The van der Waals surface area contributed by atoms with E-state index in [1.54, 1.807) is 36.7 Å². The highest BCUT2D eigenvalue weighted by Gasteiger charge is 2.25. The van der Waals surface area contributed by atoms with Gasteiger partial charge in [0.25, 0.3) is 0 Å². The Morgan fingerprint density at radius 3 is 2.35 bits per heavy atom. The minimum atomic E-state index is -2.89. The van der Waals surface area contributed by atoms with Crippen LogP contribution in [0.3, 0.4) is 0 Å². The Kier molecular flexibility index (Phi) is 7.07. The van der Waals surface area contributed by atoms with Crippen LogP contribution in [0, 0.1) is 0 Å². The summed E-state index contributed by atoms with van der Waals surface area (Å²) in [5.74, 6) is 1.16. The molecule has 5 rings (SSSR count). The average Bonchev–Trinajstić information content (AvgIpc) is 3.23. The minimum absolute atomic E-state index is 0.0769. The van der Waals surface area contributed by atoms with Crippen molar-refractivity contribution in [3.05, 3.63) is 115 Å². The molecule has 3 aromatic carbocycles. The predicted molar refractivity (Wildman–Crippen MR) is 137 cm³/mol. The molecule has 5 aromatic rings. The number of benzene rings is 3. The zero-order valence-electron chi connectivity index (χ0n) is 19.7. The highest BCUT2D eigenvalue weighted by Crippen LogP contribution is 2.43. The number of hydrogen-bond donors (Lipinski definition) is 0. The SMILES string of the molecule is O=CN(c1cccnc1)c1c(OCc2ccccc2)c2ccccc2n1Cc1ccc(OC(F)F)cc1. The molecule has 0 saturated carbocycles. The van der Waals surface area contributed by atoms with E-state index in [-0.39, 0.29) is 5.75 Å². The molecule has 2 heterocycles.